The molecular formula is C18H25N3O2. The Hall–Kier alpha value is -2.48. The predicted octanol–water partition coefficient (Wildman–Crippen LogP) is 1.30. The first kappa shape index (κ1) is 18.6. The predicted molar refractivity (Wildman–Crippen MR) is 92.3 cm³/mol. The minimum absolute atomic E-state index is 0.0696. The van der Waals surface area contributed by atoms with E-state index in [1.807, 2.05) is 25.2 Å². The fourth-order valence-electron chi connectivity index (χ4n) is 2.44. The maximum absolute atomic E-state index is 12.3. The van der Waals surface area contributed by atoms with Gasteiger partial charge < -0.3 is 15.1 Å². The van der Waals surface area contributed by atoms with Crippen molar-refractivity contribution in [2.45, 2.75) is 25.8 Å². The number of carbonyl (C=O) groups excluding carboxylic acids is 2. The maximum atomic E-state index is 12.3. The van der Waals surface area contributed by atoms with E-state index in [1.165, 1.54) is 10.5 Å². The van der Waals surface area contributed by atoms with Crippen LogP contribution in [0, 0.1) is 12.3 Å². The van der Waals surface area contributed by atoms with E-state index in [4.69, 9.17) is 6.42 Å². The summed E-state index contributed by atoms with van der Waals surface area (Å²) in [7, 11) is 1.59. The van der Waals surface area contributed by atoms with Crippen LogP contribution < -0.4 is 5.32 Å². The Morgan fingerprint density at radius 1 is 1.61 bits per heavy atom. The number of nitrogens with zero attached hydrogens (tertiary/aromatic N) is 2. The monoisotopic (exact) mass is 315 g/mol. The van der Waals surface area contributed by atoms with E-state index in [0.717, 1.165) is 18.5 Å². The summed E-state index contributed by atoms with van der Waals surface area (Å²) in [6.07, 6.45) is 13.4. The molecule has 0 bridgehead atoms. The highest BCUT2D eigenvalue weighted by Crippen LogP contribution is 2.20. The zero-order valence-corrected chi connectivity index (χ0v) is 13.9. The molecule has 1 aliphatic heterocycles. The molecule has 1 heterocycles. The van der Waals surface area contributed by atoms with Crippen LogP contribution >= 0.6 is 0 Å². The SMILES string of the molecule is C#CC(/C=C\C)NC1=C(CC=C)CCN(C(=O)CN(C)C=O)C1. The standard InChI is InChI=1S/C18H25N3O2/c1-5-8-15-10-11-21(18(23)13-20(4)14-22)12-17(15)19-16(7-3)9-6-2/h3,5-6,9,14,16,19H,1,8,10-13H2,2,4H3/b9-6-. The minimum Gasteiger partial charge on any atom is -0.370 e. The molecule has 1 N–H and O–H groups in total. The van der Waals surface area contributed by atoms with Gasteiger partial charge in [-0.2, -0.15) is 0 Å². The second kappa shape index (κ2) is 9.52. The molecule has 1 aliphatic rings. The summed E-state index contributed by atoms with van der Waals surface area (Å²) in [6, 6.07) is -0.206. The molecule has 0 aliphatic carbocycles. The topological polar surface area (TPSA) is 52.7 Å². The van der Waals surface area contributed by atoms with Crippen molar-refractivity contribution < 1.29 is 9.59 Å². The highest BCUT2D eigenvalue weighted by Gasteiger charge is 2.23. The molecule has 1 atom stereocenters. The minimum atomic E-state index is -0.206. The molecule has 0 aromatic carbocycles. The molecule has 0 saturated heterocycles. The number of hydrogen-bond donors (Lipinski definition) is 1. The Morgan fingerprint density at radius 3 is 2.91 bits per heavy atom. The van der Waals surface area contributed by atoms with Crippen LogP contribution in [0.3, 0.4) is 0 Å². The van der Waals surface area contributed by atoms with E-state index in [1.54, 1.807) is 11.9 Å². The van der Waals surface area contributed by atoms with Gasteiger partial charge >= 0.3 is 0 Å². The Labute approximate surface area is 138 Å². The van der Waals surface area contributed by atoms with Crippen LogP contribution in [0.2, 0.25) is 0 Å². The van der Waals surface area contributed by atoms with Gasteiger partial charge in [0.25, 0.3) is 0 Å². The van der Waals surface area contributed by atoms with Gasteiger partial charge in [-0.1, -0.05) is 24.1 Å². The van der Waals surface area contributed by atoms with Crippen LogP contribution in [-0.4, -0.2) is 54.8 Å². The lowest BCUT2D eigenvalue weighted by Gasteiger charge is -2.33. The van der Waals surface area contributed by atoms with E-state index >= 15 is 0 Å². The molecule has 23 heavy (non-hydrogen) atoms. The highest BCUT2D eigenvalue weighted by atomic mass is 16.2. The number of hydrogen-bond acceptors (Lipinski definition) is 3. The average Bonchev–Trinajstić information content (AvgIpc) is 2.55. The van der Waals surface area contributed by atoms with Crippen molar-refractivity contribution in [3.05, 3.63) is 36.1 Å². The van der Waals surface area contributed by atoms with Gasteiger partial charge in [0.1, 0.15) is 6.04 Å². The van der Waals surface area contributed by atoms with Crippen molar-refractivity contribution in [2.24, 2.45) is 0 Å². The molecule has 2 amide bonds. The molecule has 0 aromatic rings. The summed E-state index contributed by atoms with van der Waals surface area (Å²) in [5.74, 6) is 2.61. The van der Waals surface area contributed by atoms with Crippen LogP contribution in [0.5, 0.6) is 0 Å². The number of terminal acetylenes is 1. The smallest absolute Gasteiger partial charge is 0.242 e. The molecule has 1 rings (SSSR count). The van der Waals surface area contributed by atoms with Gasteiger partial charge in [0.05, 0.1) is 13.1 Å². The fourth-order valence-corrected chi connectivity index (χ4v) is 2.44. The van der Waals surface area contributed by atoms with Gasteiger partial charge in [0.15, 0.2) is 0 Å². The van der Waals surface area contributed by atoms with Crippen molar-refractivity contribution in [1.29, 1.82) is 0 Å². The summed E-state index contributed by atoms with van der Waals surface area (Å²) < 4.78 is 0. The zero-order chi connectivity index (χ0) is 17.2. The van der Waals surface area contributed by atoms with Crippen molar-refractivity contribution in [3.8, 4) is 12.3 Å². The molecule has 0 fully saturated rings. The molecule has 0 spiro atoms. The summed E-state index contributed by atoms with van der Waals surface area (Å²) in [4.78, 5) is 26.0. The van der Waals surface area contributed by atoms with Crippen LogP contribution in [0.25, 0.3) is 0 Å². The van der Waals surface area contributed by atoms with Crippen LogP contribution in [0.4, 0.5) is 0 Å². The lowest BCUT2D eigenvalue weighted by Crippen LogP contribution is -2.45. The highest BCUT2D eigenvalue weighted by molar-refractivity contribution is 5.80. The normalized spacial score (nSPS) is 16.0. The van der Waals surface area contributed by atoms with Gasteiger partial charge in [-0.25, -0.2) is 0 Å². The summed E-state index contributed by atoms with van der Waals surface area (Å²) in [6.45, 7) is 6.90. The van der Waals surface area contributed by atoms with Crippen molar-refractivity contribution in [2.75, 3.05) is 26.7 Å². The molecular weight excluding hydrogens is 290 g/mol. The Balaban J connectivity index is 2.87. The number of amides is 2. The van der Waals surface area contributed by atoms with Gasteiger partial charge in [-0.3, -0.25) is 9.59 Å². The van der Waals surface area contributed by atoms with E-state index in [0.29, 0.717) is 19.5 Å². The van der Waals surface area contributed by atoms with Crippen molar-refractivity contribution >= 4 is 12.3 Å². The molecule has 124 valence electrons. The van der Waals surface area contributed by atoms with E-state index in [2.05, 4.69) is 17.8 Å². The quantitative estimate of drug-likeness (QED) is 0.417. The van der Waals surface area contributed by atoms with Crippen LogP contribution in [0.15, 0.2) is 36.1 Å². The van der Waals surface area contributed by atoms with Gasteiger partial charge in [-0.15, -0.1) is 13.0 Å². The average molecular weight is 315 g/mol. The number of rotatable bonds is 8. The second-order valence-corrected chi connectivity index (χ2v) is 5.48. The first-order valence-corrected chi connectivity index (χ1v) is 7.66. The van der Waals surface area contributed by atoms with Crippen LogP contribution in [-0.2, 0) is 9.59 Å². The summed E-state index contributed by atoms with van der Waals surface area (Å²) in [5.41, 5.74) is 2.19. The first-order valence-electron chi connectivity index (χ1n) is 7.66. The number of carbonyl (C=O) groups is 2. The third-order valence-corrected chi connectivity index (χ3v) is 3.66. The van der Waals surface area contributed by atoms with E-state index in [-0.39, 0.29) is 18.5 Å². The number of nitrogens with one attached hydrogen (secondary N) is 1. The van der Waals surface area contributed by atoms with Crippen LogP contribution in [0.1, 0.15) is 19.8 Å². The number of allylic oxidation sites excluding steroid dienone is 2. The summed E-state index contributed by atoms with van der Waals surface area (Å²) >= 11 is 0. The fraction of sp³-hybridized carbons (Fsp3) is 0.444. The van der Waals surface area contributed by atoms with Gasteiger partial charge in [0, 0.05) is 19.3 Å². The van der Waals surface area contributed by atoms with Gasteiger partial charge in [0.2, 0.25) is 12.3 Å². The Kier molecular flexibility index (Phi) is 7.69. The molecule has 0 aromatic heterocycles. The summed E-state index contributed by atoms with van der Waals surface area (Å²) in [5, 5.41) is 3.33. The maximum Gasteiger partial charge on any atom is 0.242 e. The molecule has 5 heteroatoms. The molecule has 5 nitrogen and oxygen atoms in total. The Bertz CT molecular complexity index is 543. The van der Waals surface area contributed by atoms with Crippen molar-refractivity contribution in [1.82, 2.24) is 15.1 Å². The zero-order valence-electron chi connectivity index (χ0n) is 13.9. The largest absolute Gasteiger partial charge is 0.370 e. The molecule has 0 saturated carbocycles. The Morgan fingerprint density at radius 2 is 2.35 bits per heavy atom. The van der Waals surface area contributed by atoms with Gasteiger partial charge in [-0.05, 0) is 25.3 Å². The number of likely N-dealkylation sites (N-methyl/N-ethyl adjacent to an activating group) is 1. The van der Waals surface area contributed by atoms with E-state index in [9.17, 15) is 9.59 Å². The lowest BCUT2D eigenvalue weighted by atomic mass is 10.0. The third kappa shape index (κ3) is 5.67. The second-order valence-electron chi connectivity index (χ2n) is 5.48. The third-order valence-electron chi connectivity index (χ3n) is 3.66. The molecule has 0 radical (unpaired) electrons. The van der Waals surface area contributed by atoms with Crippen molar-refractivity contribution in [3.63, 3.8) is 0 Å². The molecule has 1 unspecified atom stereocenters. The van der Waals surface area contributed by atoms with E-state index < -0.39 is 0 Å². The lowest BCUT2D eigenvalue weighted by molar-refractivity contribution is -0.134. The first-order chi connectivity index (χ1) is 11.0.